The molecule has 1 atom stereocenters. The van der Waals surface area contributed by atoms with Gasteiger partial charge in [0.15, 0.2) is 0 Å². The summed E-state index contributed by atoms with van der Waals surface area (Å²) in [5.41, 5.74) is 2.32. The first kappa shape index (κ1) is 16.5. The van der Waals surface area contributed by atoms with Crippen molar-refractivity contribution >= 4 is 27.5 Å². The maximum Gasteiger partial charge on any atom is 0.0834 e. The number of rotatable bonds is 6. The summed E-state index contributed by atoms with van der Waals surface area (Å²) in [5, 5.41) is 8.67. The molecule has 1 aromatic heterocycles. The first-order valence-corrected chi connectivity index (χ1v) is 8.41. The molecular weight excluding hydrogens is 350 g/mol. The lowest BCUT2D eigenvalue weighted by Crippen LogP contribution is -2.26. The molecule has 1 aromatic carbocycles. The Kier molecular flexibility index (Phi) is 5.85. The molecule has 5 heteroatoms. The topological polar surface area (TPSA) is 29.9 Å². The van der Waals surface area contributed by atoms with Crippen LogP contribution in [0.4, 0.5) is 0 Å². The fourth-order valence-electron chi connectivity index (χ4n) is 2.48. The van der Waals surface area contributed by atoms with Gasteiger partial charge in [0.25, 0.3) is 0 Å². The Morgan fingerprint density at radius 2 is 2.05 bits per heavy atom. The first-order valence-electron chi connectivity index (χ1n) is 7.24. The Bertz CT molecular complexity index is 595. The van der Waals surface area contributed by atoms with Gasteiger partial charge in [0.2, 0.25) is 0 Å². The number of nitrogens with zero attached hydrogens (tertiary/aromatic N) is 2. The average Bonchev–Trinajstić information content (AvgIpc) is 2.82. The monoisotopic (exact) mass is 369 g/mol. The molecule has 0 aliphatic carbocycles. The van der Waals surface area contributed by atoms with E-state index in [0.29, 0.717) is 0 Å². The van der Waals surface area contributed by atoms with E-state index in [1.165, 1.54) is 5.56 Å². The maximum atomic E-state index is 6.39. The molecule has 0 saturated carbocycles. The zero-order chi connectivity index (χ0) is 15.4. The number of halogens is 2. The van der Waals surface area contributed by atoms with Crippen molar-refractivity contribution in [1.82, 2.24) is 15.1 Å². The molecule has 2 rings (SSSR count). The maximum absolute atomic E-state index is 6.39. The molecule has 21 heavy (non-hydrogen) atoms. The quantitative estimate of drug-likeness (QED) is 0.793. The molecule has 2 aromatic rings. The lowest BCUT2D eigenvalue weighted by molar-refractivity contribution is 0.448. The molecule has 0 radical (unpaired) electrons. The lowest BCUT2D eigenvalue weighted by atomic mass is 10.0. The van der Waals surface area contributed by atoms with Crippen LogP contribution in [0.25, 0.3) is 0 Å². The van der Waals surface area contributed by atoms with Crippen LogP contribution in [-0.2, 0) is 6.42 Å². The van der Waals surface area contributed by atoms with Gasteiger partial charge < -0.3 is 5.32 Å². The predicted octanol–water partition coefficient (Wildman–Crippen LogP) is 4.77. The van der Waals surface area contributed by atoms with Crippen molar-refractivity contribution in [2.24, 2.45) is 0 Å². The van der Waals surface area contributed by atoms with Crippen LogP contribution >= 0.6 is 27.5 Å². The van der Waals surface area contributed by atoms with Gasteiger partial charge in [-0.05, 0) is 38.4 Å². The van der Waals surface area contributed by atoms with Gasteiger partial charge in [0.05, 0.1) is 23.0 Å². The van der Waals surface area contributed by atoms with Crippen LogP contribution in [0.3, 0.4) is 0 Å². The molecule has 0 saturated heterocycles. The van der Waals surface area contributed by atoms with Gasteiger partial charge in [-0.25, -0.2) is 0 Å². The van der Waals surface area contributed by atoms with Gasteiger partial charge in [0.1, 0.15) is 0 Å². The van der Waals surface area contributed by atoms with Crippen molar-refractivity contribution in [3.05, 3.63) is 51.2 Å². The van der Waals surface area contributed by atoms with E-state index in [9.17, 15) is 0 Å². The van der Waals surface area contributed by atoms with Gasteiger partial charge in [-0.1, -0.05) is 52.7 Å². The first-order chi connectivity index (χ1) is 10.0. The third-order valence-corrected chi connectivity index (χ3v) is 4.50. The van der Waals surface area contributed by atoms with Crippen LogP contribution in [0.2, 0.25) is 5.02 Å². The zero-order valence-electron chi connectivity index (χ0n) is 12.6. The molecule has 0 spiro atoms. The van der Waals surface area contributed by atoms with Gasteiger partial charge in [-0.2, -0.15) is 5.10 Å². The number of hydrogen-bond acceptors (Lipinski definition) is 2. The predicted molar refractivity (Wildman–Crippen MR) is 91.9 cm³/mol. The SMILES string of the molecule is CCNC(Cc1ccccc1Br)c1c(Cl)cnn1C(C)C. The molecule has 0 aliphatic rings. The number of likely N-dealkylation sites (N-methyl/N-ethyl adjacent to an activating group) is 1. The molecule has 1 heterocycles. The molecule has 0 bridgehead atoms. The highest BCUT2D eigenvalue weighted by atomic mass is 79.9. The molecule has 1 N–H and O–H groups in total. The molecule has 3 nitrogen and oxygen atoms in total. The normalized spacial score (nSPS) is 12.9. The Morgan fingerprint density at radius 1 is 1.33 bits per heavy atom. The highest BCUT2D eigenvalue weighted by molar-refractivity contribution is 9.10. The number of benzene rings is 1. The minimum atomic E-state index is 0.145. The van der Waals surface area contributed by atoms with E-state index in [-0.39, 0.29) is 12.1 Å². The van der Waals surface area contributed by atoms with Gasteiger partial charge >= 0.3 is 0 Å². The summed E-state index contributed by atoms with van der Waals surface area (Å²) < 4.78 is 3.13. The summed E-state index contributed by atoms with van der Waals surface area (Å²) >= 11 is 10.0. The fourth-order valence-corrected chi connectivity index (χ4v) is 3.19. The van der Waals surface area contributed by atoms with Crippen molar-refractivity contribution in [3.63, 3.8) is 0 Å². The second-order valence-electron chi connectivity index (χ2n) is 5.32. The highest BCUT2D eigenvalue weighted by Gasteiger charge is 2.22. The number of nitrogens with one attached hydrogen (secondary N) is 1. The van der Waals surface area contributed by atoms with Crippen LogP contribution in [0.15, 0.2) is 34.9 Å². The van der Waals surface area contributed by atoms with Crippen molar-refractivity contribution in [2.45, 2.75) is 39.3 Å². The second kappa shape index (κ2) is 7.43. The molecular formula is C16H21BrClN3. The summed E-state index contributed by atoms with van der Waals surface area (Å²) in [6.45, 7) is 7.23. The van der Waals surface area contributed by atoms with E-state index >= 15 is 0 Å². The number of aromatic nitrogens is 2. The average molecular weight is 371 g/mol. The molecule has 0 fully saturated rings. The summed E-state index contributed by atoms with van der Waals surface area (Å²) in [4.78, 5) is 0. The third-order valence-electron chi connectivity index (χ3n) is 3.44. The Hall–Kier alpha value is -0.840. The fraction of sp³-hybridized carbons (Fsp3) is 0.438. The van der Waals surface area contributed by atoms with E-state index in [0.717, 1.165) is 28.2 Å². The molecule has 0 amide bonds. The van der Waals surface area contributed by atoms with Crippen LogP contribution in [0.1, 0.15) is 44.1 Å². The minimum absolute atomic E-state index is 0.145. The van der Waals surface area contributed by atoms with Crippen molar-refractivity contribution in [2.75, 3.05) is 6.54 Å². The van der Waals surface area contributed by atoms with Gasteiger partial charge in [-0.3, -0.25) is 4.68 Å². The van der Waals surface area contributed by atoms with Gasteiger partial charge in [0, 0.05) is 10.5 Å². The van der Waals surface area contributed by atoms with E-state index in [1.807, 2.05) is 10.7 Å². The van der Waals surface area contributed by atoms with Crippen LogP contribution in [-0.4, -0.2) is 16.3 Å². The molecule has 114 valence electrons. The van der Waals surface area contributed by atoms with Crippen LogP contribution in [0.5, 0.6) is 0 Å². The van der Waals surface area contributed by atoms with Crippen molar-refractivity contribution in [1.29, 1.82) is 0 Å². The summed E-state index contributed by atoms with van der Waals surface area (Å²) in [6.07, 6.45) is 2.61. The van der Waals surface area contributed by atoms with E-state index in [1.54, 1.807) is 6.20 Å². The Morgan fingerprint density at radius 3 is 2.67 bits per heavy atom. The van der Waals surface area contributed by atoms with Crippen molar-refractivity contribution in [3.8, 4) is 0 Å². The summed E-state index contributed by atoms with van der Waals surface area (Å²) in [6, 6.07) is 8.72. The smallest absolute Gasteiger partial charge is 0.0834 e. The Balaban J connectivity index is 2.36. The minimum Gasteiger partial charge on any atom is -0.309 e. The number of hydrogen-bond donors (Lipinski definition) is 1. The highest BCUT2D eigenvalue weighted by Crippen LogP contribution is 2.29. The Labute approximate surface area is 139 Å². The molecule has 1 unspecified atom stereocenters. The summed E-state index contributed by atoms with van der Waals surface area (Å²) in [7, 11) is 0. The standard InChI is InChI=1S/C16H21BrClN3/c1-4-19-15(9-12-7-5-6-8-13(12)17)16-14(18)10-20-21(16)11(2)3/h5-8,10-11,15,19H,4,9H2,1-3H3. The van der Waals surface area contributed by atoms with Crippen LogP contribution < -0.4 is 5.32 Å². The van der Waals surface area contributed by atoms with Crippen LogP contribution in [0, 0.1) is 0 Å². The van der Waals surface area contributed by atoms with E-state index < -0.39 is 0 Å². The van der Waals surface area contributed by atoms with E-state index in [4.69, 9.17) is 11.6 Å². The third kappa shape index (κ3) is 3.87. The van der Waals surface area contributed by atoms with Crippen molar-refractivity contribution < 1.29 is 0 Å². The zero-order valence-corrected chi connectivity index (χ0v) is 14.9. The molecule has 0 aliphatic heterocycles. The van der Waals surface area contributed by atoms with Gasteiger partial charge in [-0.15, -0.1) is 0 Å². The largest absolute Gasteiger partial charge is 0.309 e. The van der Waals surface area contributed by atoms with E-state index in [2.05, 4.69) is 65.3 Å². The summed E-state index contributed by atoms with van der Waals surface area (Å²) in [5.74, 6) is 0. The second-order valence-corrected chi connectivity index (χ2v) is 6.58. The lowest BCUT2D eigenvalue weighted by Gasteiger charge is -2.22.